The third kappa shape index (κ3) is 3.48. The fourth-order valence-electron chi connectivity index (χ4n) is 3.41. The van der Waals surface area contributed by atoms with Crippen molar-refractivity contribution < 1.29 is 0 Å². The van der Waals surface area contributed by atoms with Gasteiger partial charge in [-0.1, -0.05) is 42.5 Å². The summed E-state index contributed by atoms with van der Waals surface area (Å²) in [6.45, 7) is 7.89. The number of aromatic nitrogens is 3. The van der Waals surface area contributed by atoms with E-state index in [0.717, 1.165) is 60.8 Å². The smallest absolute Gasteiger partial charge is 0.225 e. The molecule has 0 spiro atoms. The Hall–Kier alpha value is -2.31. The van der Waals surface area contributed by atoms with Gasteiger partial charge in [0.25, 0.3) is 0 Å². The molecule has 1 aliphatic heterocycles. The van der Waals surface area contributed by atoms with Gasteiger partial charge in [0.1, 0.15) is 4.64 Å². The van der Waals surface area contributed by atoms with Gasteiger partial charge in [-0.05, 0) is 18.6 Å². The Kier molecular flexibility index (Phi) is 4.95. The molecule has 0 unspecified atom stereocenters. The minimum Gasteiger partial charge on any atom is -0.339 e. The number of anilines is 1. The molecule has 6 heteroatoms. The lowest BCUT2D eigenvalue weighted by atomic mass is 10.2. The predicted octanol–water partition coefficient (Wildman–Crippen LogP) is 3.50. The van der Waals surface area contributed by atoms with Gasteiger partial charge in [0.2, 0.25) is 5.95 Å². The third-order valence-corrected chi connectivity index (χ3v) is 5.41. The summed E-state index contributed by atoms with van der Waals surface area (Å²) in [7, 11) is 0. The zero-order chi connectivity index (χ0) is 17.9. The van der Waals surface area contributed by atoms with E-state index >= 15 is 0 Å². The fourth-order valence-corrected chi connectivity index (χ4v) is 3.76. The highest BCUT2D eigenvalue weighted by molar-refractivity contribution is 7.71. The van der Waals surface area contributed by atoms with E-state index in [0.29, 0.717) is 0 Å². The van der Waals surface area contributed by atoms with E-state index in [-0.39, 0.29) is 0 Å². The minimum atomic E-state index is 0.806. The number of nitrogens with zero attached hydrogens (tertiary/aromatic N) is 5. The molecule has 26 heavy (non-hydrogen) atoms. The van der Waals surface area contributed by atoms with Gasteiger partial charge in [0.15, 0.2) is 0 Å². The first-order chi connectivity index (χ1) is 12.7. The highest BCUT2D eigenvalue weighted by Gasteiger charge is 2.19. The Balaban J connectivity index is 1.46. The lowest BCUT2D eigenvalue weighted by Gasteiger charge is -2.34. The molecule has 0 saturated carbocycles. The van der Waals surface area contributed by atoms with Crippen LogP contribution in [-0.2, 0) is 13.1 Å². The highest BCUT2D eigenvalue weighted by atomic mass is 32.1. The number of aryl methyl sites for hydroxylation is 1. The molecular weight excluding hydrogens is 342 g/mol. The number of rotatable bonds is 4. The molecule has 5 nitrogen and oxygen atoms in total. The quantitative estimate of drug-likeness (QED) is 0.662. The molecule has 1 saturated heterocycles. The minimum absolute atomic E-state index is 0.806. The number of benzene rings is 1. The molecule has 2 aromatic heterocycles. The standard InChI is InChI=1S/C20H23N5S/c1-2-24-9-8-18-17(19(24)26)14-21-20(22-18)25-12-10-23(11-13-25)15-16-6-4-3-5-7-16/h3-9,14H,2,10-13,15H2,1H3. The molecule has 4 rings (SSSR count). The molecular formula is C20H23N5S. The van der Waals surface area contributed by atoms with Crippen LogP contribution in [0, 0.1) is 4.64 Å². The number of piperazine rings is 1. The Morgan fingerprint density at radius 1 is 1.04 bits per heavy atom. The maximum Gasteiger partial charge on any atom is 0.225 e. The van der Waals surface area contributed by atoms with Crippen LogP contribution >= 0.6 is 12.2 Å². The summed E-state index contributed by atoms with van der Waals surface area (Å²) in [6, 6.07) is 12.7. The Morgan fingerprint density at radius 3 is 2.54 bits per heavy atom. The molecule has 1 aliphatic rings. The summed E-state index contributed by atoms with van der Waals surface area (Å²) < 4.78 is 2.85. The second-order valence-electron chi connectivity index (χ2n) is 6.62. The third-order valence-electron chi connectivity index (χ3n) is 4.95. The Bertz CT molecular complexity index is 945. The largest absolute Gasteiger partial charge is 0.339 e. The Labute approximate surface area is 158 Å². The number of pyridine rings is 1. The first-order valence-corrected chi connectivity index (χ1v) is 9.53. The van der Waals surface area contributed by atoms with Crippen molar-refractivity contribution in [3.05, 3.63) is 59.0 Å². The van der Waals surface area contributed by atoms with Crippen molar-refractivity contribution in [2.45, 2.75) is 20.0 Å². The van der Waals surface area contributed by atoms with Gasteiger partial charge in [-0.3, -0.25) is 4.90 Å². The average Bonchev–Trinajstić information content (AvgIpc) is 2.69. The molecule has 134 valence electrons. The van der Waals surface area contributed by atoms with Crippen LogP contribution in [0.2, 0.25) is 0 Å². The number of hydrogen-bond acceptors (Lipinski definition) is 5. The summed E-state index contributed by atoms with van der Waals surface area (Å²) in [6.07, 6.45) is 3.89. The molecule has 1 fully saturated rings. The van der Waals surface area contributed by atoms with Crippen LogP contribution in [0.3, 0.4) is 0 Å². The van der Waals surface area contributed by atoms with E-state index in [2.05, 4.69) is 52.0 Å². The molecule has 0 N–H and O–H groups in total. The molecule has 0 aliphatic carbocycles. The second-order valence-corrected chi connectivity index (χ2v) is 7.01. The summed E-state index contributed by atoms with van der Waals surface area (Å²) in [5, 5.41) is 0.954. The second kappa shape index (κ2) is 7.51. The van der Waals surface area contributed by atoms with E-state index in [9.17, 15) is 0 Å². The van der Waals surface area contributed by atoms with Crippen molar-refractivity contribution in [3.8, 4) is 0 Å². The average molecular weight is 366 g/mol. The predicted molar refractivity (Wildman–Crippen MR) is 108 cm³/mol. The fraction of sp³-hybridized carbons (Fsp3) is 0.350. The van der Waals surface area contributed by atoms with Crippen molar-refractivity contribution in [1.82, 2.24) is 19.4 Å². The van der Waals surface area contributed by atoms with E-state index in [1.165, 1.54) is 5.56 Å². The van der Waals surface area contributed by atoms with Gasteiger partial charge in [-0.2, -0.15) is 0 Å². The molecule has 3 heterocycles. The van der Waals surface area contributed by atoms with Gasteiger partial charge in [0.05, 0.1) is 10.9 Å². The summed E-state index contributed by atoms with van der Waals surface area (Å²) in [5.41, 5.74) is 2.29. The first kappa shape index (κ1) is 17.1. The van der Waals surface area contributed by atoms with Gasteiger partial charge < -0.3 is 9.47 Å². The van der Waals surface area contributed by atoms with Crippen molar-refractivity contribution in [2.24, 2.45) is 0 Å². The van der Waals surface area contributed by atoms with Gasteiger partial charge in [-0.25, -0.2) is 9.97 Å². The van der Waals surface area contributed by atoms with Crippen LogP contribution in [0.15, 0.2) is 48.8 Å². The zero-order valence-electron chi connectivity index (χ0n) is 15.0. The van der Waals surface area contributed by atoms with Gasteiger partial charge in [0, 0.05) is 51.7 Å². The number of fused-ring (bicyclic) bond motifs is 1. The Morgan fingerprint density at radius 2 is 1.81 bits per heavy atom. The van der Waals surface area contributed by atoms with Crippen LogP contribution in [0.25, 0.3) is 10.9 Å². The van der Waals surface area contributed by atoms with Crippen LogP contribution < -0.4 is 4.90 Å². The molecule has 0 radical (unpaired) electrons. The van der Waals surface area contributed by atoms with E-state index in [1.807, 2.05) is 23.0 Å². The van der Waals surface area contributed by atoms with Crippen molar-refractivity contribution >= 4 is 29.1 Å². The SMILES string of the molecule is CCn1ccc2nc(N3CCN(Cc4ccccc4)CC3)ncc2c1=S. The molecule has 0 bridgehead atoms. The maximum atomic E-state index is 5.53. The van der Waals surface area contributed by atoms with Crippen LogP contribution in [0.1, 0.15) is 12.5 Å². The lowest BCUT2D eigenvalue weighted by Crippen LogP contribution is -2.46. The lowest BCUT2D eigenvalue weighted by molar-refractivity contribution is 0.249. The first-order valence-electron chi connectivity index (χ1n) is 9.12. The van der Waals surface area contributed by atoms with Gasteiger partial charge >= 0.3 is 0 Å². The molecule has 1 aromatic carbocycles. The monoisotopic (exact) mass is 365 g/mol. The van der Waals surface area contributed by atoms with Crippen molar-refractivity contribution in [3.63, 3.8) is 0 Å². The topological polar surface area (TPSA) is 37.2 Å². The van der Waals surface area contributed by atoms with E-state index < -0.39 is 0 Å². The van der Waals surface area contributed by atoms with Gasteiger partial charge in [-0.15, -0.1) is 0 Å². The van der Waals surface area contributed by atoms with Crippen molar-refractivity contribution in [2.75, 3.05) is 31.1 Å². The van der Waals surface area contributed by atoms with Crippen LogP contribution in [0.5, 0.6) is 0 Å². The van der Waals surface area contributed by atoms with Crippen LogP contribution in [0.4, 0.5) is 5.95 Å². The normalized spacial score (nSPS) is 15.5. The summed E-state index contributed by atoms with van der Waals surface area (Å²) >= 11 is 5.53. The maximum absolute atomic E-state index is 5.53. The number of hydrogen-bond donors (Lipinski definition) is 0. The highest BCUT2D eigenvalue weighted by Crippen LogP contribution is 2.18. The molecule has 0 atom stereocenters. The molecule has 0 amide bonds. The summed E-state index contributed by atoms with van der Waals surface area (Å²) in [5.74, 6) is 0.806. The summed E-state index contributed by atoms with van der Waals surface area (Å²) in [4.78, 5) is 14.1. The van der Waals surface area contributed by atoms with Crippen molar-refractivity contribution in [1.29, 1.82) is 0 Å². The molecule has 3 aromatic rings. The van der Waals surface area contributed by atoms with Crippen LogP contribution in [-0.4, -0.2) is 45.6 Å². The zero-order valence-corrected chi connectivity index (χ0v) is 15.8. The van der Waals surface area contributed by atoms with E-state index in [1.54, 1.807) is 0 Å². The van der Waals surface area contributed by atoms with E-state index in [4.69, 9.17) is 17.2 Å².